The third kappa shape index (κ3) is 2.58. The Morgan fingerprint density at radius 1 is 1.29 bits per heavy atom. The molecule has 112 valence electrons. The molecule has 0 aromatic heterocycles. The van der Waals surface area contributed by atoms with Gasteiger partial charge in [0.15, 0.2) is 5.60 Å². The highest BCUT2D eigenvalue weighted by Crippen LogP contribution is 2.57. The van der Waals surface area contributed by atoms with E-state index >= 15 is 0 Å². The topological polar surface area (TPSA) is 84.9 Å². The van der Waals surface area contributed by atoms with Crippen molar-refractivity contribution in [3.05, 3.63) is 35.9 Å². The second-order valence-electron chi connectivity index (χ2n) is 5.86. The van der Waals surface area contributed by atoms with Gasteiger partial charge in [0.2, 0.25) is 0 Å². The average Bonchev–Trinajstić information content (AvgIpc) is 3.01. The minimum atomic E-state index is -1.02. The van der Waals surface area contributed by atoms with E-state index in [4.69, 9.17) is 14.6 Å². The van der Waals surface area contributed by atoms with E-state index in [1.807, 2.05) is 30.3 Å². The van der Waals surface area contributed by atoms with Crippen LogP contribution in [-0.4, -0.2) is 35.9 Å². The molecule has 1 aliphatic carbocycles. The van der Waals surface area contributed by atoms with Crippen LogP contribution in [0.3, 0.4) is 0 Å². The molecule has 0 radical (unpaired) electrons. The van der Waals surface area contributed by atoms with Gasteiger partial charge in [0.25, 0.3) is 0 Å². The Bertz CT molecular complexity index is 550. The molecule has 21 heavy (non-hydrogen) atoms. The number of carboxylic acids is 1. The fraction of sp³-hybridized carbons (Fsp3) is 0.467. The number of carboxylic acid groups (broad SMARTS) is 1. The molecule has 3 fully saturated rings. The summed E-state index contributed by atoms with van der Waals surface area (Å²) >= 11 is 0. The Labute approximate surface area is 122 Å². The highest BCUT2D eigenvalue weighted by atomic mass is 16.6. The maximum atomic E-state index is 11.7. The van der Waals surface area contributed by atoms with E-state index in [-0.39, 0.29) is 12.0 Å². The number of amides is 1. The van der Waals surface area contributed by atoms with Crippen molar-refractivity contribution < 1.29 is 24.2 Å². The summed E-state index contributed by atoms with van der Waals surface area (Å²) in [5.41, 5.74) is -0.344. The van der Waals surface area contributed by atoms with E-state index in [0.717, 1.165) is 5.56 Å². The molecule has 2 bridgehead atoms. The molecular formula is C15H17NO5. The molecule has 0 spiro atoms. The Kier molecular flexibility index (Phi) is 3.33. The lowest BCUT2D eigenvalue weighted by Crippen LogP contribution is -2.54. The number of hydrogen-bond donors (Lipinski definition) is 2. The third-order valence-corrected chi connectivity index (χ3v) is 4.19. The quantitative estimate of drug-likeness (QED) is 0.859. The molecule has 1 saturated carbocycles. The van der Waals surface area contributed by atoms with Crippen LogP contribution < -0.4 is 5.32 Å². The number of alkyl carbamates (subject to hydrolysis) is 1. The fourth-order valence-electron chi connectivity index (χ4n) is 3.08. The monoisotopic (exact) mass is 291 g/mol. The largest absolute Gasteiger partial charge is 0.479 e. The molecule has 4 rings (SSSR count). The Morgan fingerprint density at radius 3 is 2.62 bits per heavy atom. The molecule has 6 nitrogen and oxygen atoms in total. The SMILES string of the molecule is O=C(NCC12COC(C(=O)O)(C1)C2)OCc1ccccc1. The molecular weight excluding hydrogens is 274 g/mol. The molecule has 2 aliphatic heterocycles. The first-order chi connectivity index (χ1) is 10.0. The standard InChI is InChI=1S/C15H17NO5/c17-12(18)15-7-14(8-15,10-21-15)9-16-13(19)20-6-11-4-2-1-3-5-11/h1-5H,6-10H2,(H,16,19)(H,17,18). The van der Waals surface area contributed by atoms with Gasteiger partial charge in [-0.15, -0.1) is 0 Å². The Morgan fingerprint density at radius 2 is 2.00 bits per heavy atom. The van der Waals surface area contributed by atoms with Crippen LogP contribution in [0.1, 0.15) is 18.4 Å². The van der Waals surface area contributed by atoms with E-state index in [1.165, 1.54) is 0 Å². The smallest absolute Gasteiger partial charge is 0.407 e. The molecule has 1 amide bonds. The first kappa shape index (κ1) is 13.9. The van der Waals surface area contributed by atoms with Crippen LogP contribution in [0.25, 0.3) is 0 Å². The number of ether oxygens (including phenoxy) is 2. The van der Waals surface area contributed by atoms with Crippen LogP contribution in [0.4, 0.5) is 4.79 Å². The zero-order valence-electron chi connectivity index (χ0n) is 11.5. The first-order valence-electron chi connectivity index (χ1n) is 6.86. The molecule has 2 N–H and O–H groups in total. The summed E-state index contributed by atoms with van der Waals surface area (Å²) in [4.78, 5) is 22.7. The van der Waals surface area contributed by atoms with E-state index < -0.39 is 17.7 Å². The van der Waals surface area contributed by atoms with Crippen LogP contribution >= 0.6 is 0 Å². The summed E-state index contributed by atoms with van der Waals surface area (Å²) in [5, 5.41) is 11.8. The average molecular weight is 291 g/mol. The van der Waals surface area contributed by atoms with Crippen molar-refractivity contribution in [3.63, 3.8) is 0 Å². The molecule has 0 atom stereocenters. The summed E-state index contributed by atoms with van der Waals surface area (Å²) in [7, 11) is 0. The summed E-state index contributed by atoms with van der Waals surface area (Å²) < 4.78 is 10.5. The number of carbonyl (C=O) groups is 2. The van der Waals surface area contributed by atoms with Crippen molar-refractivity contribution >= 4 is 12.1 Å². The van der Waals surface area contributed by atoms with Gasteiger partial charge in [-0.25, -0.2) is 9.59 Å². The number of carbonyl (C=O) groups excluding carboxylic acids is 1. The van der Waals surface area contributed by atoms with Crippen LogP contribution in [0.2, 0.25) is 0 Å². The van der Waals surface area contributed by atoms with Crippen LogP contribution in [0, 0.1) is 5.41 Å². The van der Waals surface area contributed by atoms with E-state index in [1.54, 1.807) is 0 Å². The predicted molar refractivity (Wildman–Crippen MR) is 72.6 cm³/mol. The van der Waals surface area contributed by atoms with Crippen molar-refractivity contribution in [2.24, 2.45) is 5.41 Å². The summed E-state index contributed by atoms with van der Waals surface area (Å²) in [6, 6.07) is 9.42. The van der Waals surface area contributed by atoms with Crippen molar-refractivity contribution in [1.29, 1.82) is 0 Å². The molecule has 0 unspecified atom stereocenters. The Balaban J connectivity index is 1.43. The van der Waals surface area contributed by atoms with Gasteiger partial charge in [-0.2, -0.15) is 0 Å². The van der Waals surface area contributed by atoms with E-state index in [9.17, 15) is 9.59 Å². The zero-order valence-corrected chi connectivity index (χ0v) is 11.5. The maximum absolute atomic E-state index is 11.7. The number of aliphatic carboxylic acids is 1. The molecule has 2 saturated heterocycles. The number of rotatable bonds is 5. The third-order valence-electron chi connectivity index (χ3n) is 4.19. The first-order valence-corrected chi connectivity index (χ1v) is 6.86. The van der Waals surface area contributed by atoms with Gasteiger partial charge in [0.1, 0.15) is 6.61 Å². The predicted octanol–water partition coefficient (Wildman–Crippen LogP) is 1.55. The summed E-state index contributed by atoms with van der Waals surface area (Å²) in [6.45, 7) is 0.975. The lowest BCUT2D eigenvalue weighted by Gasteiger charge is -2.41. The minimum absolute atomic E-state index is 0.217. The fourth-order valence-corrected chi connectivity index (χ4v) is 3.08. The molecule has 2 heterocycles. The van der Waals surface area contributed by atoms with Gasteiger partial charge in [0, 0.05) is 12.0 Å². The van der Waals surface area contributed by atoms with Gasteiger partial charge >= 0.3 is 12.1 Å². The Hall–Kier alpha value is -2.08. The van der Waals surface area contributed by atoms with E-state index in [2.05, 4.69) is 5.32 Å². The lowest BCUT2D eigenvalue weighted by atomic mass is 9.62. The highest BCUT2D eigenvalue weighted by molar-refractivity contribution is 5.80. The van der Waals surface area contributed by atoms with Crippen LogP contribution in [0.15, 0.2) is 30.3 Å². The second kappa shape index (κ2) is 5.04. The zero-order chi connectivity index (χ0) is 14.9. The van der Waals surface area contributed by atoms with Gasteiger partial charge in [-0.1, -0.05) is 30.3 Å². The second-order valence-corrected chi connectivity index (χ2v) is 5.86. The number of nitrogens with one attached hydrogen (secondary N) is 1. The molecule has 6 heteroatoms. The molecule has 1 aromatic carbocycles. The van der Waals surface area contributed by atoms with Crippen molar-refractivity contribution in [2.45, 2.75) is 25.0 Å². The van der Waals surface area contributed by atoms with Crippen molar-refractivity contribution in [2.75, 3.05) is 13.2 Å². The highest BCUT2D eigenvalue weighted by Gasteiger charge is 2.66. The number of fused-ring (bicyclic) bond motifs is 1. The normalized spacial score (nSPS) is 29.5. The lowest BCUT2D eigenvalue weighted by molar-refractivity contribution is -0.164. The molecule has 3 aliphatic rings. The van der Waals surface area contributed by atoms with Gasteiger partial charge < -0.3 is 19.9 Å². The number of benzene rings is 1. The van der Waals surface area contributed by atoms with Gasteiger partial charge in [-0.05, 0) is 18.4 Å². The van der Waals surface area contributed by atoms with Crippen LogP contribution in [-0.2, 0) is 20.9 Å². The molecule has 1 aromatic rings. The maximum Gasteiger partial charge on any atom is 0.407 e. The van der Waals surface area contributed by atoms with Gasteiger partial charge in [0.05, 0.1) is 6.61 Å². The van der Waals surface area contributed by atoms with Crippen molar-refractivity contribution in [1.82, 2.24) is 5.32 Å². The summed E-state index contributed by atoms with van der Waals surface area (Å²) in [5.74, 6) is -0.915. The summed E-state index contributed by atoms with van der Waals surface area (Å²) in [6.07, 6.45) is 0.413. The van der Waals surface area contributed by atoms with Crippen molar-refractivity contribution in [3.8, 4) is 0 Å². The minimum Gasteiger partial charge on any atom is -0.479 e. The number of hydrogen-bond acceptors (Lipinski definition) is 4. The van der Waals surface area contributed by atoms with E-state index in [0.29, 0.717) is 26.0 Å². The van der Waals surface area contributed by atoms with Gasteiger partial charge in [-0.3, -0.25) is 0 Å². The van der Waals surface area contributed by atoms with Crippen LogP contribution in [0.5, 0.6) is 0 Å².